The molecule has 158 valence electrons. The topological polar surface area (TPSA) is 102 Å². The minimum absolute atomic E-state index is 0.0382. The van der Waals surface area contributed by atoms with Crippen LogP contribution in [0.15, 0.2) is 46.1 Å². The van der Waals surface area contributed by atoms with E-state index in [4.69, 9.17) is 13.9 Å². The zero-order valence-corrected chi connectivity index (χ0v) is 17.8. The number of carbonyl (C=O) groups excluding carboxylic acids is 2. The number of Topliss-reactive ketones (excluding diaryl/α,β-unsaturated/α-hetero) is 1. The van der Waals surface area contributed by atoms with Crippen molar-refractivity contribution in [2.45, 2.75) is 26.8 Å². The Morgan fingerprint density at radius 3 is 2.61 bits per heavy atom. The lowest BCUT2D eigenvalue weighted by molar-refractivity contribution is -0.117. The summed E-state index contributed by atoms with van der Waals surface area (Å²) in [4.78, 5) is 32.7. The Bertz CT molecular complexity index is 1270. The van der Waals surface area contributed by atoms with Crippen molar-refractivity contribution in [1.29, 1.82) is 0 Å². The van der Waals surface area contributed by atoms with Gasteiger partial charge in [-0.15, -0.1) is 11.3 Å². The Hall–Kier alpha value is -3.59. The normalized spacial score (nSPS) is 17.7. The molecule has 1 N–H and O–H groups in total. The first-order valence-electron chi connectivity index (χ1n) is 9.56. The first-order valence-corrected chi connectivity index (χ1v) is 10.4. The number of anilines is 1. The van der Waals surface area contributed by atoms with E-state index in [2.05, 4.69) is 4.98 Å². The molecule has 0 fully saturated rings. The average Bonchev–Trinajstić information content (AvgIpc) is 3.49. The van der Waals surface area contributed by atoms with E-state index >= 15 is 0 Å². The molecule has 1 aromatic carbocycles. The quantitative estimate of drug-likeness (QED) is 0.610. The SMILES string of the molecule is Cc1ccc(C2C(C(=O)c3sc(C)nc3C)=C(O)C(=O)N2c2ccc3c(c2)OCO3)o1. The number of thiazole rings is 1. The summed E-state index contributed by atoms with van der Waals surface area (Å²) in [5.74, 6) is 0.285. The number of aliphatic hydroxyl groups excluding tert-OH is 1. The van der Waals surface area contributed by atoms with E-state index in [1.165, 1.54) is 16.2 Å². The van der Waals surface area contributed by atoms with E-state index in [1.807, 2.05) is 0 Å². The predicted octanol–water partition coefficient (Wildman–Crippen LogP) is 4.17. The number of aryl methyl sites for hydroxylation is 3. The van der Waals surface area contributed by atoms with E-state index in [0.717, 1.165) is 5.01 Å². The summed E-state index contributed by atoms with van der Waals surface area (Å²) in [6.07, 6.45) is 0. The molecule has 2 aliphatic heterocycles. The summed E-state index contributed by atoms with van der Waals surface area (Å²) in [5, 5.41) is 11.5. The van der Waals surface area contributed by atoms with E-state index in [1.54, 1.807) is 51.1 Å². The first kappa shape index (κ1) is 19.4. The van der Waals surface area contributed by atoms with Gasteiger partial charge in [0.2, 0.25) is 12.6 Å². The zero-order valence-electron chi connectivity index (χ0n) is 17.0. The molecule has 1 unspecified atom stereocenters. The van der Waals surface area contributed by atoms with Crippen LogP contribution in [0.3, 0.4) is 0 Å². The third-order valence-corrected chi connectivity index (χ3v) is 6.30. The fraction of sp³-hybridized carbons (Fsp3) is 0.227. The van der Waals surface area contributed by atoms with Crippen LogP contribution in [0.2, 0.25) is 0 Å². The van der Waals surface area contributed by atoms with Gasteiger partial charge in [0.1, 0.15) is 17.6 Å². The predicted molar refractivity (Wildman–Crippen MR) is 112 cm³/mol. The van der Waals surface area contributed by atoms with E-state index < -0.39 is 23.5 Å². The van der Waals surface area contributed by atoms with E-state index in [9.17, 15) is 14.7 Å². The molecular formula is C22H18N2O6S. The van der Waals surface area contributed by atoms with Crippen molar-refractivity contribution in [2.75, 3.05) is 11.7 Å². The van der Waals surface area contributed by atoms with Gasteiger partial charge in [-0.2, -0.15) is 0 Å². The van der Waals surface area contributed by atoms with Gasteiger partial charge >= 0.3 is 0 Å². The molecule has 2 aromatic heterocycles. The van der Waals surface area contributed by atoms with Gasteiger partial charge in [0.25, 0.3) is 5.91 Å². The Morgan fingerprint density at radius 1 is 1.16 bits per heavy atom. The number of aliphatic hydroxyl groups is 1. The Balaban J connectivity index is 1.65. The van der Waals surface area contributed by atoms with Crippen LogP contribution < -0.4 is 14.4 Å². The molecule has 9 heteroatoms. The Morgan fingerprint density at radius 2 is 1.94 bits per heavy atom. The molecule has 0 aliphatic carbocycles. The lowest BCUT2D eigenvalue weighted by atomic mass is 9.99. The Kier molecular flexibility index (Phi) is 4.37. The summed E-state index contributed by atoms with van der Waals surface area (Å²) < 4.78 is 16.6. The van der Waals surface area contributed by atoms with Crippen LogP contribution in [0.5, 0.6) is 11.5 Å². The highest BCUT2D eigenvalue weighted by atomic mass is 32.1. The van der Waals surface area contributed by atoms with Gasteiger partial charge in [-0.25, -0.2) is 4.98 Å². The molecule has 0 spiro atoms. The molecule has 0 saturated carbocycles. The van der Waals surface area contributed by atoms with Gasteiger partial charge in [-0.1, -0.05) is 0 Å². The van der Waals surface area contributed by atoms with Gasteiger partial charge in [-0.3, -0.25) is 14.5 Å². The molecule has 8 nitrogen and oxygen atoms in total. The number of aromatic nitrogens is 1. The number of hydrogen-bond acceptors (Lipinski definition) is 8. The maximum atomic E-state index is 13.5. The lowest BCUT2D eigenvalue weighted by Gasteiger charge is -2.25. The molecule has 2 aliphatic rings. The van der Waals surface area contributed by atoms with Crippen molar-refractivity contribution in [2.24, 2.45) is 0 Å². The van der Waals surface area contributed by atoms with Crippen molar-refractivity contribution < 1.29 is 28.6 Å². The standard InChI is InChI=1S/C22H18N2O6S/c1-10-4-6-15(30-10)18-17(19(25)21-11(2)23-12(3)31-21)20(26)22(27)24(18)13-5-7-14-16(8-13)29-9-28-14/h4-8,18,26H,9H2,1-3H3. The second-order valence-electron chi connectivity index (χ2n) is 7.30. The van der Waals surface area contributed by atoms with Gasteiger partial charge in [0, 0.05) is 11.8 Å². The third-order valence-electron chi connectivity index (χ3n) is 5.23. The summed E-state index contributed by atoms with van der Waals surface area (Å²) in [6, 6.07) is 7.52. The average molecular weight is 438 g/mol. The number of rotatable bonds is 4. The number of furan rings is 1. The van der Waals surface area contributed by atoms with Crippen LogP contribution in [0.1, 0.15) is 37.9 Å². The van der Waals surface area contributed by atoms with Crippen LogP contribution in [0.4, 0.5) is 5.69 Å². The molecule has 5 rings (SSSR count). The van der Waals surface area contributed by atoms with Crippen molar-refractivity contribution >= 4 is 28.7 Å². The van der Waals surface area contributed by atoms with Crippen LogP contribution in [-0.2, 0) is 4.79 Å². The zero-order chi connectivity index (χ0) is 21.9. The minimum atomic E-state index is -0.934. The van der Waals surface area contributed by atoms with Crippen LogP contribution >= 0.6 is 11.3 Å². The monoisotopic (exact) mass is 438 g/mol. The number of carbonyl (C=O) groups is 2. The second-order valence-corrected chi connectivity index (χ2v) is 8.51. The lowest BCUT2D eigenvalue weighted by Crippen LogP contribution is -2.30. The fourth-order valence-corrected chi connectivity index (χ4v) is 4.75. The van der Waals surface area contributed by atoms with Gasteiger partial charge in [0.15, 0.2) is 17.3 Å². The van der Waals surface area contributed by atoms with Crippen molar-refractivity contribution in [3.8, 4) is 11.5 Å². The minimum Gasteiger partial charge on any atom is -0.503 e. The molecular weight excluding hydrogens is 420 g/mol. The largest absolute Gasteiger partial charge is 0.503 e. The van der Waals surface area contributed by atoms with E-state index in [0.29, 0.717) is 39.3 Å². The van der Waals surface area contributed by atoms with Gasteiger partial charge < -0.3 is 19.0 Å². The molecule has 4 heterocycles. The fourth-order valence-electron chi connectivity index (χ4n) is 3.87. The molecule has 0 bridgehead atoms. The summed E-state index contributed by atoms with van der Waals surface area (Å²) in [6.45, 7) is 5.39. The maximum absolute atomic E-state index is 13.5. The van der Waals surface area contributed by atoms with Crippen LogP contribution in [0, 0.1) is 20.8 Å². The number of benzene rings is 1. The highest BCUT2D eigenvalue weighted by Gasteiger charge is 2.47. The van der Waals surface area contributed by atoms with Gasteiger partial charge in [-0.05, 0) is 45.0 Å². The Labute approximate surface area is 181 Å². The number of ether oxygens (including phenoxy) is 2. The number of amides is 1. The van der Waals surface area contributed by atoms with Crippen molar-refractivity contribution in [3.05, 3.63) is 68.8 Å². The summed E-state index contributed by atoms with van der Waals surface area (Å²) >= 11 is 1.23. The summed E-state index contributed by atoms with van der Waals surface area (Å²) in [5.41, 5.74) is 0.958. The first-order chi connectivity index (χ1) is 14.8. The summed E-state index contributed by atoms with van der Waals surface area (Å²) in [7, 11) is 0. The van der Waals surface area contributed by atoms with Crippen molar-refractivity contribution in [1.82, 2.24) is 4.98 Å². The van der Waals surface area contributed by atoms with Crippen LogP contribution in [-0.4, -0.2) is 28.6 Å². The molecule has 3 aromatic rings. The number of fused-ring (bicyclic) bond motifs is 1. The van der Waals surface area contributed by atoms with Gasteiger partial charge in [0.05, 0.1) is 21.2 Å². The molecule has 1 atom stereocenters. The highest BCUT2D eigenvalue weighted by Crippen LogP contribution is 2.45. The highest BCUT2D eigenvalue weighted by molar-refractivity contribution is 7.14. The third kappa shape index (κ3) is 3.00. The molecule has 31 heavy (non-hydrogen) atoms. The van der Waals surface area contributed by atoms with E-state index in [-0.39, 0.29) is 12.4 Å². The maximum Gasteiger partial charge on any atom is 0.294 e. The smallest absolute Gasteiger partial charge is 0.294 e. The number of hydrogen-bond donors (Lipinski definition) is 1. The van der Waals surface area contributed by atoms with Crippen LogP contribution in [0.25, 0.3) is 0 Å². The van der Waals surface area contributed by atoms with Crippen molar-refractivity contribution in [3.63, 3.8) is 0 Å². The number of nitrogens with zero attached hydrogens (tertiary/aromatic N) is 2. The molecule has 1 amide bonds. The number of ketones is 1. The molecule has 0 saturated heterocycles. The molecule has 0 radical (unpaired) electrons. The second kappa shape index (κ2) is 6.98.